The zero-order valence-electron chi connectivity index (χ0n) is 11.2. The summed E-state index contributed by atoms with van der Waals surface area (Å²) in [7, 11) is 0. The average Bonchev–Trinajstić information content (AvgIpc) is 2.70. The van der Waals surface area contributed by atoms with Gasteiger partial charge in [-0.25, -0.2) is 4.98 Å². The van der Waals surface area contributed by atoms with Crippen LogP contribution in [0.4, 0.5) is 5.82 Å². The number of nitrogens with zero attached hydrogens (tertiary/aromatic N) is 1. The molecule has 5 nitrogen and oxygen atoms in total. The van der Waals surface area contributed by atoms with Crippen LogP contribution in [0.15, 0.2) is 5.51 Å². The number of rotatable bonds is 3. The van der Waals surface area contributed by atoms with Gasteiger partial charge in [-0.1, -0.05) is 20.3 Å². The van der Waals surface area contributed by atoms with Crippen LogP contribution in [0.1, 0.15) is 50.3 Å². The van der Waals surface area contributed by atoms with Crippen molar-refractivity contribution in [2.45, 2.75) is 51.5 Å². The van der Waals surface area contributed by atoms with Crippen LogP contribution in [0.3, 0.4) is 0 Å². The zero-order valence-corrected chi connectivity index (χ0v) is 12.0. The van der Waals surface area contributed by atoms with Gasteiger partial charge < -0.3 is 10.6 Å². The van der Waals surface area contributed by atoms with Gasteiger partial charge >= 0.3 is 0 Å². The molecule has 1 atom stereocenters. The highest BCUT2D eigenvalue weighted by Gasteiger charge is 2.24. The van der Waals surface area contributed by atoms with Gasteiger partial charge in [-0.2, -0.15) is 0 Å². The van der Waals surface area contributed by atoms with Crippen molar-refractivity contribution in [3.8, 4) is 0 Å². The van der Waals surface area contributed by atoms with Crippen molar-refractivity contribution < 1.29 is 9.59 Å². The molecular formula is C13H19N3O2S. The molecule has 6 heteroatoms. The highest BCUT2D eigenvalue weighted by molar-refractivity contribution is 7.10. The Bertz CT molecular complexity index is 470. The molecule has 1 saturated heterocycles. The van der Waals surface area contributed by atoms with Gasteiger partial charge in [-0.15, -0.1) is 11.3 Å². The number of amides is 2. The third kappa shape index (κ3) is 3.53. The van der Waals surface area contributed by atoms with E-state index in [-0.39, 0.29) is 11.8 Å². The van der Waals surface area contributed by atoms with Gasteiger partial charge in [0.25, 0.3) is 0 Å². The van der Waals surface area contributed by atoms with E-state index >= 15 is 0 Å². The smallest absolute Gasteiger partial charge is 0.248 e. The first-order valence-electron chi connectivity index (χ1n) is 6.61. The SMILES string of the molecule is CC(C)c1scnc1NC(=O)[C@H]1CCCCC(=O)N1. The molecule has 1 aromatic rings. The van der Waals surface area contributed by atoms with E-state index in [2.05, 4.69) is 29.5 Å². The van der Waals surface area contributed by atoms with Crippen LogP contribution in [0.2, 0.25) is 0 Å². The molecule has 1 aromatic heterocycles. The first-order chi connectivity index (χ1) is 9.08. The predicted octanol–water partition coefficient (Wildman–Crippen LogP) is 2.26. The monoisotopic (exact) mass is 281 g/mol. The van der Waals surface area contributed by atoms with Crippen LogP contribution in [0.5, 0.6) is 0 Å². The Kier molecular flexibility index (Phi) is 4.52. The highest BCUT2D eigenvalue weighted by atomic mass is 32.1. The minimum Gasteiger partial charge on any atom is -0.344 e. The van der Waals surface area contributed by atoms with Gasteiger partial charge in [0.15, 0.2) is 0 Å². The van der Waals surface area contributed by atoms with E-state index in [1.807, 2.05) is 0 Å². The lowest BCUT2D eigenvalue weighted by molar-refractivity contribution is -0.126. The minimum absolute atomic E-state index is 0.0417. The van der Waals surface area contributed by atoms with Crippen LogP contribution >= 0.6 is 11.3 Å². The first-order valence-corrected chi connectivity index (χ1v) is 7.49. The van der Waals surface area contributed by atoms with Crippen LogP contribution in [0.25, 0.3) is 0 Å². The van der Waals surface area contributed by atoms with Gasteiger partial charge in [0.2, 0.25) is 11.8 Å². The van der Waals surface area contributed by atoms with E-state index in [0.29, 0.717) is 24.6 Å². The van der Waals surface area contributed by atoms with Crippen molar-refractivity contribution in [3.05, 3.63) is 10.4 Å². The molecule has 104 valence electrons. The van der Waals surface area contributed by atoms with Crippen molar-refractivity contribution in [2.75, 3.05) is 5.32 Å². The van der Waals surface area contributed by atoms with Crippen LogP contribution in [-0.2, 0) is 9.59 Å². The Morgan fingerprint density at radius 2 is 2.32 bits per heavy atom. The normalized spacial score (nSPS) is 19.9. The summed E-state index contributed by atoms with van der Waals surface area (Å²) in [5.41, 5.74) is 1.73. The Hall–Kier alpha value is -1.43. The van der Waals surface area contributed by atoms with E-state index in [0.717, 1.165) is 17.7 Å². The minimum atomic E-state index is -0.434. The van der Waals surface area contributed by atoms with Gasteiger partial charge in [-0.05, 0) is 18.8 Å². The van der Waals surface area contributed by atoms with Gasteiger partial charge in [-0.3, -0.25) is 9.59 Å². The summed E-state index contributed by atoms with van der Waals surface area (Å²) in [5.74, 6) is 0.748. The molecule has 0 saturated carbocycles. The molecule has 0 unspecified atom stereocenters. The van der Waals surface area contributed by atoms with E-state index in [9.17, 15) is 9.59 Å². The first kappa shape index (κ1) is 14.0. The summed E-state index contributed by atoms with van der Waals surface area (Å²) in [6.07, 6.45) is 2.95. The van der Waals surface area contributed by atoms with E-state index in [1.54, 1.807) is 5.51 Å². The molecule has 2 N–H and O–H groups in total. The summed E-state index contributed by atoms with van der Waals surface area (Å²) in [6, 6.07) is -0.434. The third-order valence-corrected chi connectivity index (χ3v) is 4.29. The quantitative estimate of drug-likeness (QED) is 0.892. The molecule has 0 aliphatic carbocycles. The van der Waals surface area contributed by atoms with E-state index in [1.165, 1.54) is 11.3 Å². The summed E-state index contributed by atoms with van der Waals surface area (Å²) < 4.78 is 0. The van der Waals surface area contributed by atoms with Crippen molar-refractivity contribution in [3.63, 3.8) is 0 Å². The number of hydrogen-bond acceptors (Lipinski definition) is 4. The molecule has 0 radical (unpaired) electrons. The fourth-order valence-electron chi connectivity index (χ4n) is 2.13. The fraction of sp³-hybridized carbons (Fsp3) is 0.615. The Balaban J connectivity index is 2.03. The molecule has 2 amide bonds. The average molecular weight is 281 g/mol. The van der Waals surface area contributed by atoms with Gasteiger partial charge in [0, 0.05) is 6.42 Å². The molecule has 2 rings (SSSR count). The third-order valence-electron chi connectivity index (χ3n) is 3.16. The molecule has 1 aliphatic rings. The number of hydrogen-bond donors (Lipinski definition) is 2. The summed E-state index contributed by atoms with van der Waals surface area (Å²) in [6.45, 7) is 4.13. The topological polar surface area (TPSA) is 71.1 Å². The predicted molar refractivity (Wildman–Crippen MR) is 75.2 cm³/mol. The molecule has 0 aromatic carbocycles. The lowest BCUT2D eigenvalue weighted by Crippen LogP contribution is -2.42. The zero-order chi connectivity index (χ0) is 13.8. The standard InChI is InChI=1S/C13H19N3O2S/c1-8(2)11-12(14-7-19-11)16-13(18)9-5-3-4-6-10(17)15-9/h7-9H,3-6H2,1-2H3,(H,15,17)(H,16,18)/t9-/m1/s1. The number of carbonyl (C=O) groups is 2. The number of carbonyl (C=O) groups excluding carboxylic acids is 2. The van der Waals surface area contributed by atoms with Crippen LogP contribution < -0.4 is 10.6 Å². The number of nitrogens with one attached hydrogen (secondary N) is 2. The molecule has 1 aliphatic heterocycles. The van der Waals surface area contributed by atoms with Gasteiger partial charge in [0.1, 0.15) is 11.9 Å². The van der Waals surface area contributed by atoms with Crippen LogP contribution in [0, 0.1) is 0 Å². The highest BCUT2D eigenvalue weighted by Crippen LogP contribution is 2.27. The van der Waals surface area contributed by atoms with Gasteiger partial charge in [0.05, 0.1) is 10.4 Å². The number of thiazole rings is 1. The lowest BCUT2D eigenvalue weighted by atomic mass is 10.1. The molecule has 0 bridgehead atoms. The maximum absolute atomic E-state index is 12.2. The second-order valence-corrected chi connectivity index (χ2v) is 5.96. The Labute approximate surface area is 116 Å². The van der Waals surface area contributed by atoms with E-state index < -0.39 is 6.04 Å². The second kappa shape index (κ2) is 6.14. The fourth-order valence-corrected chi connectivity index (χ4v) is 2.89. The van der Waals surface area contributed by atoms with Crippen LogP contribution in [-0.4, -0.2) is 22.8 Å². The van der Waals surface area contributed by atoms with Crippen molar-refractivity contribution >= 4 is 29.0 Å². The maximum atomic E-state index is 12.2. The molecule has 1 fully saturated rings. The molecular weight excluding hydrogens is 262 g/mol. The Morgan fingerprint density at radius 1 is 1.53 bits per heavy atom. The summed E-state index contributed by atoms with van der Waals surface area (Å²) in [5, 5.41) is 5.60. The second-order valence-electron chi connectivity index (χ2n) is 5.08. The lowest BCUT2D eigenvalue weighted by Gasteiger charge is -2.15. The molecule has 19 heavy (non-hydrogen) atoms. The van der Waals surface area contributed by atoms with Crippen molar-refractivity contribution in [1.29, 1.82) is 0 Å². The maximum Gasteiger partial charge on any atom is 0.248 e. The molecule has 0 spiro atoms. The van der Waals surface area contributed by atoms with Crippen molar-refractivity contribution in [1.82, 2.24) is 10.3 Å². The Morgan fingerprint density at radius 3 is 3.05 bits per heavy atom. The largest absolute Gasteiger partial charge is 0.344 e. The van der Waals surface area contributed by atoms with E-state index in [4.69, 9.17) is 0 Å². The summed E-state index contributed by atoms with van der Waals surface area (Å²) in [4.78, 5) is 28.9. The van der Waals surface area contributed by atoms with Crippen molar-refractivity contribution in [2.24, 2.45) is 0 Å². The number of anilines is 1. The number of aromatic nitrogens is 1. The molecule has 2 heterocycles. The summed E-state index contributed by atoms with van der Waals surface area (Å²) >= 11 is 1.54.